The van der Waals surface area contributed by atoms with Crippen molar-refractivity contribution in [1.82, 2.24) is 0 Å². The molecule has 0 bridgehead atoms. The molecule has 0 unspecified atom stereocenters. The maximum atomic E-state index is 12.2. The van der Waals surface area contributed by atoms with Crippen LogP contribution in [0.15, 0.2) is 60.7 Å². The van der Waals surface area contributed by atoms with Crippen LogP contribution in [0.2, 0.25) is 0 Å². The molecule has 3 atom stereocenters. The summed E-state index contributed by atoms with van der Waals surface area (Å²) in [5, 5.41) is 10.0. The molecule has 1 N–H and O–H groups in total. The van der Waals surface area contributed by atoms with Crippen molar-refractivity contribution in [2.75, 3.05) is 13.2 Å². The quantitative estimate of drug-likeness (QED) is 0.799. The molecule has 6 heteroatoms. The molecule has 0 spiro atoms. The number of hydrogen-bond acceptors (Lipinski definition) is 6. The minimum Gasteiger partial charge on any atom is -0.462 e. The van der Waals surface area contributed by atoms with E-state index in [1.54, 1.807) is 54.6 Å². The Morgan fingerprint density at radius 2 is 1.54 bits per heavy atom. The fraction of sp³-hybridized carbons (Fsp3) is 0.300. The number of carbonyl (C=O) groups is 2. The lowest BCUT2D eigenvalue weighted by atomic mass is 10.1. The maximum Gasteiger partial charge on any atom is 0.338 e. The summed E-state index contributed by atoms with van der Waals surface area (Å²) in [7, 11) is 0. The Morgan fingerprint density at radius 3 is 2.15 bits per heavy atom. The summed E-state index contributed by atoms with van der Waals surface area (Å²) in [6, 6.07) is 17.2. The summed E-state index contributed by atoms with van der Waals surface area (Å²) in [6.45, 7) is 0.175. The first-order valence-corrected chi connectivity index (χ1v) is 8.43. The summed E-state index contributed by atoms with van der Waals surface area (Å²) >= 11 is 0. The molecule has 0 radical (unpaired) electrons. The average molecular weight is 356 g/mol. The molecule has 0 aromatic heterocycles. The zero-order chi connectivity index (χ0) is 18.4. The monoisotopic (exact) mass is 356 g/mol. The van der Waals surface area contributed by atoms with Gasteiger partial charge in [-0.3, -0.25) is 0 Å². The topological polar surface area (TPSA) is 82.1 Å². The Kier molecular flexibility index (Phi) is 5.99. The van der Waals surface area contributed by atoms with Gasteiger partial charge in [0.15, 0.2) is 6.10 Å². The van der Waals surface area contributed by atoms with Gasteiger partial charge in [-0.1, -0.05) is 36.4 Å². The van der Waals surface area contributed by atoms with Crippen LogP contribution in [0.4, 0.5) is 0 Å². The van der Waals surface area contributed by atoms with Gasteiger partial charge in [0.25, 0.3) is 0 Å². The van der Waals surface area contributed by atoms with E-state index in [2.05, 4.69) is 0 Å². The van der Waals surface area contributed by atoms with Gasteiger partial charge < -0.3 is 19.3 Å². The van der Waals surface area contributed by atoms with Gasteiger partial charge in [0.2, 0.25) is 0 Å². The molecule has 1 saturated heterocycles. The molecular formula is C20H20O6. The second-order valence-electron chi connectivity index (χ2n) is 5.97. The smallest absolute Gasteiger partial charge is 0.338 e. The Balaban J connectivity index is 1.52. The van der Waals surface area contributed by atoms with Crippen molar-refractivity contribution in [2.24, 2.45) is 0 Å². The third-order valence-corrected chi connectivity index (χ3v) is 4.12. The predicted molar refractivity (Wildman–Crippen MR) is 92.7 cm³/mol. The molecule has 3 rings (SSSR count). The van der Waals surface area contributed by atoms with Crippen LogP contribution in [0, 0.1) is 0 Å². The highest BCUT2D eigenvalue weighted by Gasteiger charge is 2.39. The molecule has 0 saturated carbocycles. The highest BCUT2D eigenvalue weighted by molar-refractivity contribution is 5.89. The number of benzene rings is 2. The Hall–Kier alpha value is -2.70. The molecule has 1 fully saturated rings. The zero-order valence-electron chi connectivity index (χ0n) is 14.1. The van der Waals surface area contributed by atoms with Crippen LogP contribution in [0.1, 0.15) is 27.1 Å². The van der Waals surface area contributed by atoms with Gasteiger partial charge in [-0.2, -0.15) is 0 Å². The van der Waals surface area contributed by atoms with Gasteiger partial charge in [0.05, 0.1) is 24.3 Å². The number of aliphatic hydroxyl groups excluding tert-OH is 1. The van der Waals surface area contributed by atoms with E-state index in [0.717, 1.165) is 0 Å². The first kappa shape index (κ1) is 18.1. The van der Waals surface area contributed by atoms with Crippen LogP contribution < -0.4 is 0 Å². The molecule has 26 heavy (non-hydrogen) atoms. The maximum absolute atomic E-state index is 12.2. The summed E-state index contributed by atoms with van der Waals surface area (Å²) < 4.78 is 16.1. The van der Waals surface area contributed by atoms with E-state index >= 15 is 0 Å². The number of aliphatic hydroxyl groups is 1. The van der Waals surface area contributed by atoms with Crippen LogP contribution in [0.3, 0.4) is 0 Å². The molecule has 136 valence electrons. The van der Waals surface area contributed by atoms with Gasteiger partial charge >= 0.3 is 11.9 Å². The fourth-order valence-corrected chi connectivity index (χ4v) is 2.75. The summed E-state index contributed by atoms with van der Waals surface area (Å²) in [5.41, 5.74) is 0.868. The highest BCUT2D eigenvalue weighted by Crippen LogP contribution is 2.22. The van der Waals surface area contributed by atoms with Crippen molar-refractivity contribution in [3.63, 3.8) is 0 Å². The van der Waals surface area contributed by atoms with Gasteiger partial charge in [-0.25, -0.2) is 9.59 Å². The second-order valence-corrected chi connectivity index (χ2v) is 5.97. The summed E-state index contributed by atoms with van der Waals surface area (Å²) in [4.78, 5) is 24.1. The molecule has 1 aliphatic rings. The second kappa shape index (κ2) is 8.60. The van der Waals surface area contributed by atoms with Gasteiger partial charge in [-0.05, 0) is 24.3 Å². The number of carbonyl (C=O) groups excluding carboxylic acids is 2. The van der Waals surface area contributed by atoms with E-state index in [0.29, 0.717) is 17.5 Å². The normalized spacial score (nSPS) is 22.0. The third-order valence-electron chi connectivity index (χ3n) is 4.12. The van der Waals surface area contributed by atoms with Crippen LogP contribution >= 0.6 is 0 Å². The van der Waals surface area contributed by atoms with E-state index in [4.69, 9.17) is 14.2 Å². The first-order valence-electron chi connectivity index (χ1n) is 8.43. The number of esters is 2. The van der Waals surface area contributed by atoms with Crippen LogP contribution in [-0.4, -0.2) is 48.6 Å². The van der Waals surface area contributed by atoms with Crippen molar-refractivity contribution in [2.45, 2.75) is 24.7 Å². The average Bonchev–Trinajstić information content (AvgIpc) is 3.03. The first-order chi connectivity index (χ1) is 12.6. The number of hydrogen-bond donors (Lipinski definition) is 1. The van der Waals surface area contributed by atoms with Crippen molar-refractivity contribution in [1.29, 1.82) is 0 Å². The molecule has 2 aromatic rings. The standard InChI is InChI=1S/C20H20O6/c21-16-13-25-17(11-12-24-19(22)14-7-3-1-4-8-14)18(16)26-20(23)15-9-5-2-6-10-15/h1-10,16-18,21H,11-13H2/t16-,17+,18+/m0/s1. The van der Waals surface area contributed by atoms with Crippen LogP contribution in [-0.2, 0) is 14.2 Å². The van der Waals surface area contributed by atoms with E-state index in [-0.39, 0.29) is 13.2 Å². The summed E-state index contributed by atoms with van der Waals surface area (Å²) in [6.07, 6.45) is -1.90. The van der Waals surface area contributed by atoms with Gasteiger partial charge in [-0.15, -0.1) is 0 Å². The lowest BCUT2D eigenvalue weighted by Gasteiger charge is -2.20. The van der Waals surface area contributed by atoms with Gasteiger partial charge in [0.1, 0.15) is 12.2 Å². The molecule has 0 aliphatic carbocycles. The third kappa shape index (κ3) is 4.47. The molecule has 1 heterocycles. The van der Waals surface area contributed by atoms with Gasteiger partial charge in [0, 0.05) is 6.42 Å². The SMILES string of the molecule is O=C(OCC[C@H]1OC[C@H](O)[C@H]1OC(=O)c1ccccc1)c1ccccc1. The van der Waals surface area contributed by atoms with Crippen molar-refractivity contribution in [3.8, 4) is 0 Å². The minimum absolute atomic E-state index is 0.0734. The number of ether oxygens (including phenoxy) is 3. The Labute approximate surface area is 151 Å². The van der Waals surface area contributed by atoms with E-state index in [1.165, 1.54) is 0 Å². The Morgan fingerprint density at radius 1 is 0.962 bits per heavy atom. The van der Waals surface area contributed by atoms with Crippen molar-refractivity contribution >= 4 is 11.9 Å². The minimum atomic E-state index is -0.905. The molecule has 0 amide bonds. The van der Waals surface area contributed by atoms with Crippen LogP contribution in [0.25, 0.3) is 0 Å². The summed E-state index contributed by atoms with van der Waals surface area (Å²) in [5.74, 6) is -0.951. The predicted octanol–water partition coefficient (Wildman–Crippen LogP) is 2.22. The number of rotatable bonds is 6. The fourth-order valence-electron chi connectivity index (χ4n) is 2.75. The lowest BCUT2D eigenvalue weighted by Crippen LogP contribution is -2.36. The van der Waals surface area contributed by atoms with E-state index in [9.17, 15) is 14.7 Å². The Bertz CT molecular complexity index is 730. The van der Waals surface area contributed by atoms with E-state index < -0.39 is 30.3 Å². The molecular weight excluding hydrogens is 336 g/mol. The van der Waals surface area contributed by atoms with Crippen molar-refractivity contribution < 1.29 is 28.9 Å². The molecule has 6 nitrogen and oxygen atoms in total. The zero-order valence-corrected chi connectivity index (χ0v) is 14.1. The van der Waals surface area contributed by atoms with Crippen molar-refractivity contribution in [3.05, 3.63) is 71.8 Å². The largest absolute Gasteiger partial charge is 0.462 e. The molecule has 1 aliphatic heterocycles. The highest BCUT2D eigenvalue weighted by atomic mass is 16.6. The lowest BCUT2D eigenvalue weighted by molar-refractivity contribution is -0.0250. The molecule has 2 aromatic carbocycles. The van der Waals surface area contributed by atoms with Crippen LogP contribution in [0.5, 0.6) is 0 Å². The van der Waals surface area contributed by atoms with E-state index in [1.807, 2.05) is 6.07 Å².